The first-order valence-corrected chi connectivity index (χ1v) is 7.97. The molecule has 0 aromatic heterocycles. The summed E-state index contributed by atoms with van der Waals surface area (Å²) in [5.74, 6) is 0. The molecule has 94 valence electrons. The molecule has 2 unspecified atom stereocenters. The van der Waals surface area contributed by atoms with E-state index in [0.717, 1.165) is 6.54 Å². The molecule has 1 saturated carbocycles. The molecule has 1 nitrogen and oxygen atoms in total. The quantitative estimate of drug-likeness (QED) is 0.712. The molecule has 2 atom stereocenters. The second-order valence-corrected chi connectivity index (χ2v) is 6.90. The monoisotopic (exact) mass is 359 g/mol. The maximum Gasteiger partial charge on any atom is 0.0301 e. The van der Waals surface area contributed by atoms with E-state index in [4.69, 9.17) is 0 Å². The van der Waals surface area contributed by atoms with E-state index in [1.807, 2.05) is 0 Å². The fraction of sp³-hybridized carbons (Fsp3) is 0.571. The van der Waals surface area contributed by atoms with E-state index < -0.39 is 0 Å². The molecular formula is C14H19Br2N. The van der Waals surface area contributed by atoms with Crippen molar-refractivity contribution in [3.05, 3.63) is 34.3 Å². The normalized spacial score (nSPS) is 25.2. The molecule has 1 aromatic rings. The zero-order chi connectivity index (χ0) is 12.3. The van der Waals surface area contributed by atoms with Crippen molar-refractivity contribution in [3.8, 4) is 0 Å². The number of halogens is 2. The maximum absolute atomic E-state index is 3.83. The minimum Gasteiger partial charge on any atom is -0.298 e. The molecule has 0 saturated heterocycles. The van der Waals surface area contributed by atoms with E-state index in [-0.39, 0.29) is 0 Å². The van der Waals surface area contributed by atoms with Gasteiger partial charge in [0.2, 0.25) is 0 Å². The summed E-state index contributed by atoms with van der Waals surface area (Å²) in [5.41, 5.74) is 1.38. The summed E-state index contributed by atoms with van der Waals surface area (Å²) >= 11 is 7.46. The molecule has 1 aliphatic rings. The minimum absolute atomic E-state index is 0.656. The predicted octanol–water partition coefficient (Wildman–Crippen LogP) is 4.59. The minimum atomic E-state index is 0.656. The summed E-state index contributed by atoms with van der Waals surface area (Å²) < 4.78 is 1.22. The van der Waals surface area contributed by atoms with Crippen molar-refractivity contribution in [1.82, 2.24) is 4.90 Å². The van der Waals surface area contributed by atoms with Crippen LogP contribution in [0.5, 0.6) is 0 Å². The second kappa shape index (κ2) is 6.35. The Hall–Kier alpha value is 0.140. The van der Waals surface area contributed by atoms with Gasteiger partial charge in [-0.3, -0.25) is 4.90 Å². The van der Waals surface area contributed by atoms with Crippen molar-refractivity contribution in [2.24, 2.45) is 0 Å². The van der Waals surface area contributed by atoms with Crippen molar-refractivity contribution >= 4 is 31.9 Å². The Morgan fingerprint density at radius 3 is 2.65 bits per heavy atom. The van der Waals surface area contributed by atoms with E-state index in [9.17, 15) is 0 Å². The van der Waals surface area contributed by atoms with Crippen LogP contribution in [0.2, 0.25) is 0 Å². The summed E-state index contributed by atoms with van der Waals surface area (Å²) in [5, 5.41) is 0. The SMILES string of the molecule is CN(Cc1ccccc1Br)C1CCCCC1Br. The van der Waals surface area contributed by atoms with Crippen LogP contribution in [0.4, 0.5) is 0 Å². The third-order valence-corrected chi connectivity index (χ3v) is 5.43. The summed E-state index contributed by atoms with van der Waals surface area (Å²) in [6, 6.07) is 9.18. The fourth-order valence-electron chi connectivity index (χ4n) is 2.58. The van der Waals surface area contributed by atoms with Gasteiger partial charge < -0.3 is 0 Å². The van der Waals surface area contributed by atoms with Crippen molar-refractivity contribution in [2.45, 2.75) is 43.1 Å². The molecule has 1 fully saturated rings. The summed E-state index contributed by atoms with van der Waals surface area (Å²) in [7, 11) is 2.24. The standard InChI is InChI=1S/C14H19Br2N/c1-17(14-9-5-4-8-13(14)16)10-11-6-2-3-7-12(11)15/h2-3,6-7,13-14H,4-5,8-10H2,1H3. The van der Waals surface area contributed by atoms with Gasteiger partial charge in [-0.05, 0) is 31.5 Å². The number of rotatable bonds is 3. The van der Waals surface area contributed by atoms with Gasteiger partial charge in [0.05, 0.1) is 0 Å². The van der Waals surface area contributed by atoms with Crippen LogP contribution in [0.25, 0.3) is 0 Å². The van der Waals surface area contributed by atoms with Crippen LogP contribution < -0.4 is 0 Å². The molecule has 0 N–H and O–H groups in total. The highest BCUT2D eigenvalue weighted by Crippen LogP contribution is 2.29. The molecule has 1 aliphatic carbocycles. The van der Waals surface area contributed by atoms with E-state index >= 15 is 0 Å². The van der Waals surface area contributed by atoms with Crippen LogP contribution in [0.3, 0.4) is 0 Å². The molecule has 0 amide bonds. The van der Waals surface area contributed by atoms with Gasteiger partial charge in [0.15, 0.2) is 0 Å². The maximum atomic E-state index is 3.83. The first kappa shape index (κ1) is 13.6. The van der Waals surface area contributed by atoms with Gasteiger partial charge in [-0.25, -0.2) is 0 Å². The topological polar surface area (TPSA) is 3.24 Å². The molecule has 2 rings (SSSR count). The molecule has 0 heterocycles. The average molecular weight is 361 g/mol. The predicted molar refractivity (Wildman–Crippen MR) is 80.6 cm³/mol. The number of alkyl halides is 1. The van der Waals surface area contributed by atoms with Gasteiger partial charge >= 0.3 is 0 Å². The first-order valence-electron chi connectivity index (χ1n) is 6.26. The van der Waals surface area contributed by atoms with Crippen LogP contribution in [-0.2, 0) is 6.54 Å². The Kier molecular flexibility index (Phi) is 5.07. The van der Waals surface area contributed by atoms with Crippen molar-refractivity contribution < 1.29 is 0 Å². The Labute approximate surface area is 121 Å². The Bertz CT molecular complexity index is 367. The highest BCUT2D eigenvalue weighted by molar-refractivity contribution is 9.10. The number of nitrogens with zero attached hydrogens (tertiary/aromatic N) is 1. The van der Waals surface area contributed by atoms with Gasteiger partial charge in [0.1, 0.15) is 0 Å². The number of hydrogen-bond donors (Lipinski definition) is 0. The molecule has 17 heavy (non-hydrogen) atoms. The fourth-order valence-corrected chi connectivity index (χ4v) is 3.98. The van der Waals surface area contributed by atoms with Gasteiger partial charge in [-0.15, -0.1) is 0 Å². The van der Waals surface area contributed by atoms with E-state index in [0.29, 0.717) is 10.9 Å². The van der Waals surface area contributed by atoms with Crippen molar-refractivity contribution in [2.75, 3.05) is 7.05 Å². The van der Waals surface area contributed by atoms with Gasteiger partial charge in [0, 0.05) is 21.9 Å². The van der Waals surface area contributed by atoms with Crippen LogP contribution in [-0.4, -0.2) is 22.8 Å². The lowest BCUT2D eigenvalue weighted by molar-refractivity contribution is 0.192. The average Bonchev–Trinajstić information content (AvgIpc) is 2.32. The Morgan fingerprint density at radius 1 is 1.24 bits per heavy atom. The Morgan fingerprint density at radius 2 is 1.94 bits per heavy atom. The van der Waals surface area contributed by atoms with E-state index in [2.05, 4.69) is 68.1 Å². The third-order valence-electron chi connectivity index (χ3n) is 3.59. The van der Waals surface area contributed by atoms with Gasteiger partial charge in [0.25, 0.3) is 0 Å². The van der Waals surface area contributed by atoms with Crippen LogP contribution in [0.15, 0.2) is 28.7 Å². The van der Waals surface area contributed by atoms with Gasteiger partial charge in [-0.2, -0.15) is 0 Å². The molecule has 0 radical (unpaired) electrons. The van der Waals surface area contributed by atoms with Crippen LogP contribution in [0.1, 0.15) is 31.2 Å². The van der Waals surface area contributed by atoms with E-state index in [1.54, 1.807) is 0 Å². The number of benzene rings is 1. The molecule has 0 aliphatic heterocycles. The first-order chi connectivity index (χ1) is 8.18. The molecule has 0 bridgehead atoms. The largest absolute Gasteiger partial charge is 0.298 e. The third kappa shape index (κ3) is 3.55. The summed E-state index contributed by atoms with van der Waals surface area (Å²) in [6.45, 7) is 1.02. The lowest BCUT2D eigenvalue weighted by atomic mass is 9.94. The lowest BCUT2D eigenvalue weighted by Gasteiger charge is -2.35. The van der Waals surface area contributed by atoms with Crippen molar-refractivity contribution in [3.63, 3.8) is 0 Å². The smallest absolute Gasteiger partial charge is 0.0301 e. The molecular weight excluding hydrogens is 342 g/mol. The zero-order valence-corrected chi connectivity index (χ0v) is 13.4. The number of hydrogen-bond acceptors (Lipinski definition) is 1. The van der Waals surface area contributed by atoms with Crippen molar-refractivity contribution in [1.29, 1.82) is 0 Å². The second-order valence-electron chi connectivity index (χ2n) is 4.87. The molecule has 3 heteroatoms. The molecule has 0 spiro atoms. The summed E-state index contributed by atoms with van der Waals surface area (Å²) in [4.78, 5) is 3.14. The molecule has 1 aromatic carbocycles. The highest BCUT2D eigenvalue weighted by atomic mass is 79.9. The van der Waals surface area contributed by atoms with E-state index in [1.165, 1.54) is 35.7 Å². The zero-order valence-electron chi connectivity index (χ0n) is 10.2. The highest BCUT2D eigenvalue weighted by Gasteiger charge is 2.26. The van der Waals surface area contributed by atoms with Crippen LogP contribution >= 0.6 is 31.9 Å². The van der Waals surface area contributed by atoms with Gasteiger partial charge in [-0.1, -0.05) is 62.9 Å². The lowest BCUT2D eigenvalue weighted by Crippen LogP contribution is -2.40. The summed E-state index contributed by atoms with van der Waals surface area (Å²) in [6.07, 6.45) is 5.37. The Balaban J connectivity index is 2.01. The van der Waals surface area contributed by atoms with Crippen LogP contribution in [0, 0.1) is 0 Å².